The van der Waals surface area contributed by atoms with Crippen LogP contribution in [0.3, 0.4) is 0 Å². The first-order chi connectivity index (χ1) is 10.6. The van der Waals surface area contributed by atoms with Crippen molar-refractivity contribution in [1.29, 1.82) is 0 Å². The first-order valence-corrected chi connectivity index (χ1v) is 8.23. The van der Waals surface area contributed by atoms with E-state index in [9.17, 15) is 9.18 Å². The van der Waals surface area contributed by atoms with Crippen LogP contribution in [0.25, 0.3) is 0 Å². The lowest BCUT2D eigenvalue weighted by molar-refractivity contribution is -0.120. The van der Waals surface area contributed by atoms with Crippen LogP contribution < -0.4 is 15.5 Å². The molecule has 2 atom stereocenters. The van der Waals surface area contributed by atoms with Crippen molar-refractivity contribution < 1.29 is 9.18 Å². The van der Waals surface area contributed by atoms with Crippen LogP contribution in [-0.4, -0.2) is 31.6 Å². The number of hydrogen-bond acceptors (Lipinski definition) is 3. The Morgan fingerprint density at radius 3 is 2.86 bits per heavy atom. The number of rotatable bonds is 3. The summed E-state index contributed by atoms with van der Waals surface area (Å²) in [4.78, 5) is 14.7. The quantitative estimate of drug-likeness (QED) is 0.902. The molecule has 0 unspecified atom stereocenters. The van der Waals surface area contributed by atoms with Gasteiger partial charge in [-0.05, 0) is 51.3 Å². The largest absolute Gasteiger partial charge is 0.370 e. The number of anilines is 2. The average molecular weight is 305 g/mol. The summed E-state index contributed by atoms with van der Waals surface area (Å²) in [5.41, 5.74) is 1.16. The van der Waals surface area contributed by atoms with E-state index in [1.807, 2.05) is 6.07 Å². The van der Waals surface area contributed by atoms with E-state index in [1.165, 1.54) is 6.07 Å². The van der Waals surface area contributed by atoms with Crippen LogP contribution in [0.1, 0.15) is 32.6 Å². The minimum atomic E-state index is -0.347. The normalized spacial score (nSPS) is 25.3. The molecular weight excluding hydrogens is 281 g/mol. The van der Waals surface area contributed by atoms with Gasteiger partial charge in [0.05, 0.1) is 5.69 Å². The van der Waals surface area contributed by atoms with Crippen LogP contribution in [0.2, 0.25) is 0 Å². The average Bonchev–Trinajstić information content (AvgIpc) is 3.03. The van der Waals surface area contributed by atoms with E-state index >= 15 is 0 Å². The summed E-state index contributed by atoms with van der Waals surface area (Å²) >= 11 is 0. The van der Waals surface area contributed by atoms with Gasteiger partial charge in [-0.3, -0.25) is 4.79 Å². The Bertz CT molecular complexity index is 543. The first-order valence-electron chi connectivity index (χ1n) is 8.23. The fourth-order valence-electron chi connectivity index (χ4n) is 3.45. The number of hydrogen-bond donors (Lipinski definition) is 2. The van der Waals surface area contributed by atoms with Gasteiger partial charge in [0, 0.05) is 25.0 Å². The summed E-state index contributed by atoms with van der Waals surface area (Å²) < 4.78 is 14.3. The van der Waals surface area contributed by atoms with Crippen molar-refractivity contribution in [3.05, 3.63) is 24.0 Å². The number of nitrogens with zero attached hydrogens (tertiary/aromatic N) is 1. The highest BCUT2D eigenvalue weighted by Crippen LogP contribution is 2.32. The van der Waals surface area contributed by atoms with Crippen molar-refractivity contribution in [1.82, 2.24) is 5.32 Å². The zero-order valence-corrected chi connectivity index (χ0v) is 13.1. The van der Waals surface area contributed by atoms with Gasteiger partial charge in [-0.25, -0.2) is 4.39 Å². The summed E-state index contributed by atoms with van der Waals surface area (Å²) in [6, 6.07) is 5.36. The number of para-hydroxylation sites is 1. The van der Waals surface area contributed by atoms with Crippen molar-refractivity contribution in [2.75, 3.05) is 29.9 Å². The number of benzene rings is 1. The van der Waals surface area contributed by atoms with Crippen LogP contribution in [0.4, 0.5) is 15.8 Å². The second-order valence-corrected chi connectivity index (χ2v) is 6.39. The minimum absolute atomic E-state index is 0.0396. The van der Waals surface area contributed by atoms with E-state index in [2.05, 4.69) is 22.5 Å². The minimum Gasteiger partial charge on any atom is -0.370 e. The van der Waals surface area contributed by atoms with Crippen LogP contribution in [0.15, 0.2) is 18.2 Å². The van der Waals surface area contributed by atoms with Crippen LogP contribution in [-0.2, 0) is 4.79 Å². The van der Waals surface area contributed by atoms with Crippen LogP contribution in [0.5, 0.6) is 0 Å². The topological polar surface area (TPSA) is 44.4 Å². The number of halogens is 1. The lowest BCUT2D eigenvalue weighted by Gasteiger charge is -2.28. The van der Waals surface area contributed by atoms with E-state index < -0.39 is 0 Å². The lowest BCUT2D eigenvalue weighted by Crippen LogP contribution is -2.40. The van der Waals surface area contributed by atoms with E-state index in [1.54, 1.807) is 6.07 Å². The second kappa shape index (κ2) is 6.65. The first kappa shape index (κ1) is 15.3. The summed E-state index contributed by atoms with van der Waals surface area (Å²) in [5.74, 6) is -0.444. The Hall–Kier alpha value is -1.62. The summed E-state index contributed by atoms with van der Waals surface area (Å²) in [7, 11) is 0. The second-order valence-electron chi connectivity index (χ2n) is 6.39. The maximum atomic E-state index is 14.3. The Balaban J connectivity index is 1.77. The fourth-order valence-corrected chi connectivity index (χ4v) is 3.45. The van der Waals surface area contributed by atoms with Gasteiger partial charge in [-0.1, -0.05) is 6.07 Å². The molecule has 120 valence electrons. The van der Waals surface area contributed by atoms with E-state index in [0.29, 0.717) is 11.7 Å². The molecule has 2 aliphatic heterocycles. The summed E-state index contributed by atoms with van der Waals surface area (Å²) in [6.07, 6.45) is 3.86. The fraction of sp³-hybridized carbons (Fsp3) is 0.588. The van der Waals surface area contributed by atoms with E-state index in [4.69, 9.17) is 0 Å². The molecule has 2 fully saturated rings. The third kappa shape index (κ3) is 3.24. The molecule has 0 radical (unpaired) electrons. The molecular formula is C17H24FN3O. The molecule has 2 saturated heterocycles. The SMILES string of the molecule is C[C@H]1C[C@@H](C(=O)Nc2c(F)cccc2N2CCCC2)CCN1. The smallest absolute Gasteiger partial charge is 0.227 e. The molecule has 2 aliphatic rings. The zero-order chi connectivity index (χ0) is 15.5. The molecule has 5 heteroatoms. The number of carbonyl (C=O) groups is 1. The molecule has 2 N–H and O–H groups in total. The van der Waals surface area contributed by atoms with Crippen molar-refractivity contribution in [3.63, 3.8) is 0 Å². The molecule has 3 rings (SSSR count). The molecule has 2 heterocycles. The number of amides is 1. The standard InChI is InChI=1S/C17H24FN3O/c1-12-11-13(7-8-19-12)17(22)20-16-14(18)5-4-6-15(16)21-9-2-3-10-21/h4-6,12-13,19H,2-3,7-11H2,1H3,(H,20,22)/t12-,13-/m0/s1. The third-order valence-corrected chi connectivity index (χ3v) is 4.68. The molecule has 1 aromatic carbocycles. The molecule has 0 bridgehead atoms. The highest BCUT2D eigenvalue weighted by atomic mass is 19.1. The Morgan fingerprint density at radius 2 is 2.14 bits per heavy atom. The Labute approximate surface area is 131 Å². The predicted molar refractivity (Wildman–Crippen MR) is 86.7 cm³/mol. The zero-order valence-electron chi connectivity index (χ0n) is 13.1. The van der Waals surface area contributed by atoms with Crippen molar-refractivity contribution in [2.45, 2.75) is 38.6 Å². The predicted octanol–water partition coefficient (Wildman–Crippen LogP) is 2.75. The molecule has 0 aliphatic carbocycles. The maximum Gasteiger partial charge on any atom is 0.227 e. The van der Waals surface area contributed by atoms with Crippen molar-refractivity contribution in [3.8, 4) is 0 Å². The van der Waals surface area contributed by atoms with E-state index in [-0.39, 0.29) is 17.6 Å². The number of nitrogens with one attached hydrogen (secondary N) is 2. The Kier molecular flexibility index (Phi) is 4.62. The van der Waals surface area contributed by atoms with Gasteiger partial charge in [0.2, 0.25) is 5.91 Å². The van der Waals surface area contributed by atoms with Gasteiger partial charge in [-0.15, -0.1) is 0 Å². The summed E-state index contributed by atoms with van der Waals surface area (Å²) in [6.45, 7) is 4.78. The number of carbonyl (C=O) groups excluding carboxylic acids is 1. The highest BCUT2D eigenvalue weighted by molar-refractivity contribution is 5.96. The van der Waals surface area contributed by atoms with Gasteiger partial charge >= 0.3 is 0 Å². The Morgan fingerprint density at radius 1 is 1.36 bits per heavy atom. The monoisotopic (exact) mass is 305 g/mol. The van der Waals surface area contributed by atoms with E-state index in [0.717, 1.165) is 51.0 Å². The maximum absolute atomic E-state index is 14.3. The molecule has 0 saturated carbocycles. The number of piperidine rings is 1. The van der Waals surface area contributed by atoms with Gasteiger partial charge in [0.15, 0.2) is 0 Å². The van der Waals surface area contributed by atoms with Gasteiger partial charge < -0.3 is 15.5 Å². The van der Waals surface area contributed by atoms with Gasteiger partial charge in [0.1, 0.15) is 11.5 Å². The molecule has 0 aromatic heterocycles. The van der Waals surface area contributed by atoms with Crippen molar-refractivity contribution in [2.24, 2.45) is 5.92 Å². The molecule has 1 aromatic rings. The lowest BCUT2D eigenvalue weighted by atomic mass is 9.92. The van der Waals surface area contributed by atoms with Crippen LogP contribution >= 0.6 is 0 Å². The van der Waals surface area contributed by atoms with Crippen LogP contribution in [0, 0.1) is 11.7 Å². The summed E-state index contributed by atoms with van der Waals surface area (Å²) in [5, 5.41) is 6.20. The molecule has 0 spiro atoms. The molecule has 22 heavy (non-hydrogen) atoms. The van der Waals surface area contributed by atoms with Gasteiger partial charge in [-0.2, -0.15) is 0 Å². The highest BCUT2D eigenvalue weighted by Gasteiger charge is 2.27. The van der Waals surface area contributed by atoms with Gasteiger partial charge in [0.25, 0.3) is 0 Å². The third-order valence-electron chi connectivity index (χ3n) is 4.68. The van der Waals surface area contributed by atoms with Crippen molar-refractivity contribution >= 4 is 17.3 Å². The molecule has 4 nitrogen and oxygen atoms in total. The molecule has 1 amide bonds.